The Labute approximate surface area is 101 Å². The lowest BCUT2D eigenvalue weighted by Gasteiger charge is -2.37. The molecule has 0 saturated carbocycles. The van der Waals surface area contributed by atoms with E-state index < -0.39 is 0 Å². The largest absolute Gasteiger partial charge is 0.328 e. The minimum atomic E-state index is 0.441. The molecule has 2 bridgehead atoms. The van der Waals surface area contributed by atoms with Crippen molar-refractivity contribution < 1.29 is 0 Å². The number of rotatable bonds is 2. The molecule has 2 atom stereocenters. The zero-order valence-corrected chi connectivity index (χ0v) is 10.5. The third kappa shape index (κ3) is 1.79. The van der Waals surface area contributed by atoms with Gasteiger partial charge in [-0.1, -0.05) is 0 Å². The van der Waals surface area contributed by atoms with Gasteiger partial charge in [0.05, 0.1) is 11.2 Å². The van der Waals surface area contributed by atoms with E-state index in [0.29, 0.717) is 6.04 Å². The Morgan fingerprint density at radius 3 is 2.69 bits per heavy atom. The van der Waals surface area contributed by atoms with Gasteiger partial charge in [0.1, 0.15) is 0 Å². The van der Waals surface area contributed by atoms with Crippen LogP contribution in [0.1, 0.15) is 36.3 Å². The molecule has 3 nitrogen and oxygen atoms in total. The molecule has 0 spiro atoms. The molecule has 4 heteroatoms. The molecule has 0 amide bonds. The second-order valence-electron chi connectivity index (χ2n) is 5.15. The average Bonchev–Trinajstić information content (AvgIpc) is 2.73. The van der Waals surface area contributed by atoms with Crippen molar-refractivity contribution in [3.8, 4) is 0 Å². The fraction of sp³-hybridized carbons (Fsp3) is 0.750. The molecule has 2 N–H and O–H groups in total. The quantitative estimate of drug-likeness (QED) is 0.854. The second kappa shape index (κ2) is 4.09. The fourth-order valence-corrected chi connectivity index (χ4v) is 4.00. The van der Waals surface area contributed by atoms with Gasteiger partial charge in [-0.2, -0.15) is 0 Å². The summed E-state index contributed by atoms with van der Waals surface area (Å²) in [5.74, 6) is 0. The van der Waals surface area contributed by atoms with Gasteiger partial charge in [0, 0.05) is 29.5 Å². The van der Waals surface area contributed by atoms with E-state index in [1.54, 1.807) is 11.3 Å². The summed E-state index contributed by atoms with van der Waals surface area (Å²) >= 11 is 1.79. The number of aryl methyl sites for hydroxylation is 1. The molecular weight excluding hydrogens is 218 g/mol. The lowest BCUT2D eigenvalue weighted by atomic mass is 9.98. The number of hydrogen-bond acceptors (Lipinski definition) is 4. The summed E-state index contributed by atoms with van der Waals surface area (Å²) in [5, 5.41) is 0. The van der Waals surface area contributed by atoms with Crippen LogP contribution in [-0.2, 0) is 6.54 Å². The highest BCUT2D eigenvalue weighted by atomic mass is 32.1. The first-order valence-corrected chi connectivity index (χ1v) is 7.02. The van der Waals surface area contributed by atoms with E-state index in [0.717, 1.165) is 18.6 Å². The number of nitrogens with two attached hydrogens (primary N) is 1. The third-order valence-electron chi connectivity index (χ3n) is 4.09. The maximum atomic E-state index is 6.08. The maximum Gasteiger partial charge on any atom is 0.0798 e. The van der Waals surface area contributed by atoms with Crippen LogP contribution in [0.4, 0.5) is 0 Å². The molecule has 2 saturated heterocycles. The van der Waals surface area contributed by atoms with Crippen LogP contribution in [0.3, 0.4) is 0 Å². The number of aromatic nitrogens is 1. The topological polar surface area (TPSA) is 42.2 Å². The van der Waals surface area contributed by atoms with Gasteiger partial charge in [-0.25, -0.2) is 4.98 Å². The monoisotopic (exact) mass is 237 g/mol. The minimum Gasteiger partial charge on any atom is -0.328 e. The highest BCUT2D eigenvalue weighted by Gasteiger charge is 2.39. The van der Waals surface area contributed by atoms with Crippen molar-refractivity contribution in [3.63, 3.8) is 0 Å². The first-order valence-electron chi connectivity index (χ1n) is 6.14. The summed E-state index contributed by atoms with van der Waals surface area (Å²) in [4.78, 5) is 8.44. The Kier molecular flexibility index (Phi) is 2.73. The highest BCUT2D eigenvalue weighted by Crippen LogP contribution is 2.36. The van der Waals surface area contributed by atoms with E-state index in [4.69, 9.17) is 5.73 Å². The Balaban J connectivity index is 1.75. The second-order valence-corrected chi connectivity index (χ2v) is 6.09. The molecule has 2 aliphatic rings. The van der Waals surface area contributed by atoms with E-state index in [1.165, 1.54) is 36.3 Å². The average molecular weight is 237 g/mol. The summed E-state index contributed by atoms with van der Waals surface area (Å²) in [6.07, 6.45) is 5.06. The van der Waals surface area contributed by atoms with Gasteiger partial charge in [0.15, 0.2) is 0 Å². The molecule has 1 aromatic heterocycles. The van der Waals surface area contributed by atoms with Crippen LogP contribution in [0.5, 0.6) is 0 Å². The molecular formula is C12H19N3S. The van der Waals surface area contributed by atoms with Gasteiger partial charge < -0.3 is 5.73 Å². The summed E-state index contributed by atoms with van der Waals surface area (Å²) in [6, 6.07) is 1.90. The van der Waals surface area contributed by atoms with Crippen molar-refractivity contribution in [2.45, 2.75) is 57.3 Å². The summed E-state index contributed by atoms with van der Waals surface area (Å²) < 4.78 is 0. The van der Waals surface area contributed by atoms with Gasteiger partial charge in [-0.15, -0.1) is 11.3 Å². The van der Waals surface area contributed by atoms with Gasteiger partial charge in [-0.3, -0.25) is 4.90 Å². The van der Waals surface area contributed by atoms with Crippen molar-refractivity contribution >= 4 is 11.3 Å². The number of hydrogen-bond donors (Lipinski definition) is 1. The minimum absolute atomic E-state index is 0.441. The highest BCUT2D eigenvalue weighted by molar-refractivity contribution is 7.09. The number of fused-ring (bicyclic) bond motifs is 2. The molecule has 2 fully saturated rings. The van der Waals surface area contributed by atoms with Gasteiger partial charge in [-0.05, 0) is 32.6 Å². The normalized spacial score (nSPS) is 34.5. The molecule has 0 aromatic carbocycles. The Bertz CT molecular complexity index is 362. The first kappa shape index (κ1) is 10.7. The SMILES string of the molecule is Cc1ncsc1CN1C2CCC1CC(N)C2. The molecule has 88 valence electrons. The van der Waals surface area contributed by atoms with Crippen molar-refractivity contribution in [3.05, 3.63) is 16.1 Å². The number of piperidine rings is 1. The van der Waals surface area contributed by atoms with Crippen LogP contribution in [0, 0.1) is 6.92 Å². The fourth-order valence-electron chi connectivity index (χ4n) is 3.22. The summed E-state index contributed by atoms with van der Waals surface area (Å²) in [7, 11) is 0. The number of thiazole rings is 1. The lowest BCUT2D eigenvalue weighted by Crippen LogP contribution is -2.46. The van der Waals surface area contributed by atoms with E-state index in [9.17, 15) is 0 Å². The van der Waals surface area contributed by atoms with Crippen LogP contribution in [0.25, 0.3) is 0 Å². The lowest BCUT2D eigenvalue weighted by molar-refractivity contribution is 0.121. The first-order chi connectivity index (χ1) is 7.74. The van der Waals surface area contributed by atoms with Crippen LogP contribution in [0.2, 0.25) is 0 Å². The van der Waals surface area contributed by atoms with Crippen molar-refractivity contribution in [1.82, 2.24) is 9.88 Å². The van der Waals surface area contributed by atoms with Crippen LogP contribution >= 0.6 is 11.3 Å². The maximum absolute atomic E-state index is 6.08. The molecule has 2 aliphatic heterocycles. The van der Waals surface area contributed by atoms with Crippen molar-refractivity contribution in [2.24, 2.45) is 5.73 Å². The van der Waals surface area contributed by atoms with E-state index in [-0.39, 0.29) is 0 Å². The van der Waals surface area contributed by atoms with Crippen LogP contribution < -0.4 is 5.73 Å². The van der Waals surface area contributed by atoms with E-state index >= 15 is 0 Å². The third-order valence-corrected chi connectivity index (χ3v) is 5.01. The predicted molar refractivity (Wildman–Crippen MR) is 66.4 cm³/mol. The zero-order valence-electron chi connectivity index (χ0n) is 9.72. The molecule has 0 aliphatic carbocycles. The molecule has 0 radical (unpaired) electrons. The Morgan fingerprint density at radius 2 is 2.12 bits per heavy atom. The van der Waals surface area contributed by atoms with Crippen LogP contribution in [-0.4, -0.2) is 28.0 Å². The van der Waals surface area contributed by atoms with Crippen molar-refractivity contribution in [2.75, 3.05) is 0 Å². The van der Waals surface area contributed by atoms with Crippen molar-refractivity contribution in [1.29, 1.82) is 0 Å². The van der Waals surface area contributed by atoms with Gasteiger partial charge >= 0.3 is 0 Å². The zero-order chi connectivity index (χ0) is 11.1. The van der Waals surface area contributed by atoms with E-state index in [2.05, 4.69) is 16.8 Å². The van der Waals surface area contributed by atoms with Gasteiger partial charge in [0.25, 0.3) is 0 Å². The Hall–Kier alpha value is -0.450. The van der Waals surface area contributed by atoms with Crippen LogP contribution in [0.15, 0.2) is 5.51 Å². The Morgan fingerprint density at radius 1 is 1.44 bits per heavy atom. The number of nitrogens with zero attached hydrogens (tertiary/aromatic N) is 2. The van der Waals surface area contributed by atoms with Gasteiger partial charge in [0.2, 0.25) is 0 Å². The smallest absolute Gasteiger partial charge is 0.0798 e. The molecule has 2 unspecified atom stereocenters. The predicted octanol–water partition coefficient (Wildman–Crippen LogP) is 1.91. The summed E-state index contributed by atoms with van der Waals surface area (Å²) in [5.41, 5.74) is 9.25. The molecule has 1 aromatic rings. The summed E-state index contributed by atoms with van der Waals surface area (Å²) in [6.45, 7) is 3.21. The molecule has 16 heavy (non-hydrogen) atoms. The molecule has 3 heterocycles. The van der Waals surface area contributed by atoms with E-state index in [1.807, 2.05) is 5.51 Å². The standard InChI is InChI=1S/C12H19N3S/c1-8-12(16-7-14-8)6-15-10-2-3-11(15)5-9(13)4-10/h7,9-11H,2-6,13H2,1H3. The molecule has 3 rings (SSSR count).